The zero-order valence-electron chi connectivity index (χ0n) is 21.7. The normalized spacial score (nSPS) is 16.1. The van der Waals surface area contributed by atoms with Crippen molar-refractivity contribution in [2.45, 2.75) is 31.8 Å². The molecule has 12 nitrogen and oxygen atoms in total. The second kappa shape index (κ2) is 11.0. The predicted octanol–water partition coefficient (Wildman–Crippen LogP) is 3.50. The molecule has 6 rings (SSSR count). The van der Waals surface area contributed by atoms with E-state index in [1.54, 1.807) is 25.0 Å². The molecule has 38 heavy (non-hydrogen) atoms. The van der Waals surface area contributed by atoms with Crippen molar-refractivity contribution in [2.24, 2.45) is 0 Å². The minimum Gasteiger partial charge on any atom is -0.375 e. The molecule has 0 bridgehead atoms. The molecule has 0 aliphatic carbocycles. The highest BCUT2D eigenvalue weighted by Crippen LogP contribution is 2.34. The van der Waals surface area contributed by atoms with Crippen molar-refractivity contribution in [1.29, 1.82) is 0 Å². The Morgan fingerprint density at radius 3 is 2.29 bits per heavy atom. The monoisotopic (exact) mass is 556 g/mol. The van der Waals surface area contributed by atoms with Gasteiger partial charge in [-0.05, 0) is 36.0 Å². The molecule has 2 aliphatic rings. The molecule has 2 aliphatic heterocycles. The van der Waals surface area contributed by atoms with Crippen LogP contribution >= 0.6 is 23.2 Å². The first-order chi connectivity index (χ1) is 18.3. The van der Waals surface area contributed by atoms with Crippen molar-refractivity contribution in [3.63, 3.8) is 0 Å². The largest absolute Gasteiger partial charge is 0.375 e. The lowest BCUT2D eigenvalue weighted by Crippen LogP contribution is -2.32. The Labute approximate surface area is 230 Å². The summed E-state index contributed by atoms with van der Waals surface area (Å²) in [5.41, 5.74) is 6.28. The van der Waals surface area contributed by atoms with E-state index in [0.29, 0.717) is 0 Å². The molecule has 0 saturated heterocycles. The first-order valence-corrected chi connectivity index (χ1v) is 13.0. The van der Waals surface area contributed by atoms with E-state index in [-0.39, 0.29) is 16.6 Å². The zero-order chi connectivity index (χ0) is 26.8. The van der Waals surface area contributed by atoms with Crippen molar-refractivity contribution >= 4 is 46.2 Å². The Kier molecular flexibility index (Phi) is 7.52. The van der Waals surface area contributed by atoms with Gasteiger partial charge in [-0.1, -0.05) is 0 Å². The van der Waals surface area contributed by atoms with Crippen LogP contribution in [0, 0.1) is 0 Å². The molecule has 0 fully saturated rings. The average Bonchev–Trinajstić information content (AvgIpc) is 3.57. The fraction of sp³-hybridized carbons (Fsp3) is 0.417. The maximum Gasteiger partial charge on any atom is 0.224 e. The lowest BCUT2D eigenvalue weighted by molar-refractivity contribution is 0.638. The molecule has 0 amide bonds. The van der Waals surface area contributed by atoms with Gasteiger partial charge in [0.2, 0.25) is 10.6 Å². The van der Waals surface area contributed by atoms with E-state index in [4.69, 9.17) is 23.2 Å². The van der Waals surface area contributed by atoms with Gasteiger partial charge >= 0.3 is 0 Å². The smallest absolute Gasteiger partial charge is 0.224 e. The second-order valence-corrected chi connectivity index (χ2v) is 10.2. The average molecular weight is 557 g/mol. The van der Waals surface area contributed by atoms with Gasteiger partial charge in [0.05, 0.1) is 66.1 Å². The number of hydrogen-bond donors (Lipinski definition) is 3. The molecule has 200 valence electrons. The summed E-state index contributed by atoms with van der Waals surface area (Å²) in [4.78, 5) is 38.0. The highest BCUT2D eigenvalue weighted by Gasteiger charge is 2.26. The quantitative estimate of drug-likeness (QED) is 0.321. The van der Waals surface area contributed by atoms with Crippen LogP contribution in [0.1, 0.15) is 35.2 Å². The summed E-state index contributed by atoms with van der Waals surface area (Å²) in [5, 5.41) is 3.94. The van der Waals surface area contributed by atoms with Crippen molar-refractivity contribution in [2.75, 3.05) is 54.8 Å². The van der Waals surface area contributed by atoms with Gasteiger partial charge in [0.1, 0.15) is 5.82 Å². The number of halogens is 2. The number of fused-ring (bicyclic) bond motifs is 2. The van der Waals surface area contributed by atoms with E-state index in [2.05, 4.69) is 50.1 Å². The van der Waals surface area contributed by atoms with Crippen LogP contribution in [-0.4, -0.2) is 74.6 Å². The molecule has 4 aromatic heterocycles. The van der Waals surface area contributed by atoms with Gasteiger partial charge in [-0.2, -0.15) is 4.98 Å². The van der Waals surface area contributed by atoms with Crippen LogP contribution in [0.15, 0.2) is 25.0 Å². The molecule has 6 heterocycles. The van der Waals surface area contributed by atoms with Crippen LogP contribution in [0.4, 0.5) is 23.0 Å². The van der Waals surface area contributed by atoms with E-state index < -0.39 is 0 Å². The maximum atomic E-state index is 5.93. The SMILES string of the molecule is CN(C)c1cnc(Cl)nc1C1CCc2[nH]cnc2N1.CN(C)c1cnc(Cl)nc1N1CCc2[nH]cnc2C1. The fourth-order valence-electron chi connectivity index (χ4n) is 4.62. The molecule has 0 radical (unpaired) electrons. The first-order valence-electron chi connectivity index (χ1n) is 12.2. The van der Waals surface area contributed by atoms with Gasteiger partial charge in [0.15, 0.2) is 5.82 Å². The van der Waals surface area contributed by atoms with Crippen LogP contribution in [0.5, 0.6) is 0 Å². The van der Waals surface area contributed by atoms with Crippen molar-refractivity contribution in [3.05, 3.63) is 58.4 Å². The second-order valence-electron chi connectivity index (χ2n) is 9.51. The molecule has 0 saturated carbocycles. The molecule has 1 atom stereocenters. The highest BCUT2D eigenvalue weighted by atomic mass is 35.5. The van der Waals surface area contributed by atoms with E-state index >= 15 is 0 Å². The molecule has 4 aromatic rings. The third kappa shape index (κ3) is 5.46. The Morgan fingerprint density at radius 2 is 1.53 bits per heavy atom. The summed E-state index contributed by atoms with van der Waals surface area (Å²) in [6, 6.07) is 0.105. The van der Waals surface area contributed by atoms with Crippen LogP contribution in [0.25, 0.3) is 0 Å². The van der Waals surface area contributed by atoms with Gasteiger partial charge < -0.3 is 30.0 Å². The van der Waals surface area contributed by atoms with Gasteiger partial charge in [-0.15, -0.1) is 0 Å². The summed E-state index contributed by atoms with van der Waals surface area (Å²) < 4.78 is 0. The fourth-order valence-corrected chi connectivity index (χ4v) is 4.89. The Balaban J connectivity index is 0.000000155. The number of H-pyrrole nitrogens is 2. The van der Waals surface area contributed by atoms with E-state index in [1.165, 1.54) is 5.69 Å². The molecule has 14 heteroatoms. The first kappa shape index (κ1) is 26.0. The van der Waals surface area contributed by atoms with E-state index in [9.17, 15) is 0 Å². The number of aromatic nitrogens is 8. The highest BCUT2D eigenvalue weighted by molar-refractivity contribution is 6.28. The lowest BCUT2D eigenvalue weighted by Gasteiger charge is -2.30. The molecule has 0 aromatic carbocycles. The van der Waals surface area contributed by atoms with Crippen molar-refractivity contribution in [1.82, 2.24) is 39.9 Å². The molecule has 0 spiro atoms. The number of nitrogens with one attached hydrogen (secondary N) is 3. The van der Waals surface area contributed by atoms with Gasteiger partial charge in [0, 0.05) is 46.9 Å². The molecule has 3 N–H and O–H groups in total. The van der Waals surface area contributed by atoms with Crippen LogP contribution in [-0.2, 0) is 19.4 Å². The van der Waals surface area contributed by atoms with Crippen LogP contribution in [0.2, 0.25) is 10.6 Å². The zero-order valence-corrected chi connectivity index (χ0v) is 23.2. The third-order valence-electron chi connectivity index (χ3n) is 6.57. The van der Waals surface area contributed by atoms with E-state index in [0.717, 1.165) is 72.4 Å². The lowest BCUT2D eigenvalue weighted by atomic mass is 10.0. The summed E-state index contributed by atoms with van der Waals surface area (Å²) in [6.45, 7) is 1.64. The minimum absolute atomic E-state index is 0.105. The Morgan fingerprint density at radius 1 is 0.842 bits per heavy atom. The van der Waals surface area contributed by atoms with Crippen LogP contribution < -0.4 is 20.0 Å². The number of rotatable bonds is 4. The summed E-state index contributed by atoms with van der Waals surface area (Å²) >= 11 is 11.9. The number of imidazole rings is 2. The number of hydrogen-bond acceptors (Lipinski definition) is 10. The standard InChI is InChI=1S/2C12H15ClN6/c1-18(2)10-5-14-12(13)17-11(10)19-4-3-8-9(6-19)16-7-15-8;1-19(2)9-5-14-12(13)18-10(9)7-3-4-8-11(17-7)16-6-15-8/h5,7H,3-4,6H2,1-2H3,(H,15,16);5-7,17H,3-4H2,1-2H3,(H,15,16). The van der Waals surface area contributed by atoms with Crippen LogP contribution in [0.3, 0.4) is 0 Å². The van der Waals surface area contributed by atoms with Crippen molar-refractivity contribution in [3.8, 4) is 0 Å². The third-order valence-corrected chi connectivity index (χ3v) is 6.94. The summed E-state index contributed by atoms with van der Waals surface area (Å²) in [6.07, 6.45) is 9.79. The van der Waals surface area contributed by atoms with Crippen molar-refractivity contribution < 1.29 is 0 Å². The molecular weight excluding hydrogens is 527 g/mol. The van der Waals surface area contributed by atoms with Gasteiger partial charge in [0.25, 0.3) is 0 Å². The topological polar surface area (TPSA) is 131 Å². The molecular formula is C24H30Cl2N12. The Bertz CT molecular complexity index is 1290. The maximum absolute atomic E-state index is 5.93. The summed E-state index contributed by atoms with van der Waals surface area (Å²) in [7, 11) is 7.89. The van der Waals surface area contributed by atoms with E-state index in [1.807, 2.05) is 38.0 Å². The number of aromatic amines is 2. The molecule has 1 unspecified atom stereocenters. The number of nitrogens with zero attached hydrogens (tertiary/aromatic N) is 9. The summed E-state index contributed by atoms with van der Waals surface area (Å²) in [5.74, 6) is 1.76. The van der Waals surface area contributed by atoms with Gasteiger partial charge in [-0.3, -0.25) is 0 Å². The number of aryl methyl sites for hydroxylation is 1. The predicted molar refractivity (Wildman–Crippen MR) is 149 cm³/mol. The van der Waals surface area contributed by atoms with Gasteiger partial charge in [-0.25, -0.2) is 24.9 Å². The number of anilines is 4. The minimum atomic E-state index is 0.105. The Hall–Kier alpha value is -3.64.